The maximum atomic E-state index is 6.18. The van der Waals surface area contributed by atoms with Crippen molar-refractivity contribution in [3.63, 3.8) is 0 Å². The van der Waals surface area contributed by atoms with Gasteiger partial charge in [-0.15, -0.1) is 0 Å². The Morgan fingerprint density at radius 3 is 2.86 bits per heavy atom. The van der Waals surface area contributed by atoms with Crippen LogP contribution in [0.5, 0.6) is 0 Å². The van der Waals surface area contributed by atoms with E-state index in [4.69, 9.17) is 5.73 Å². The van der Waals surface area contributed by atoms with Crippen molar-refractivity contribution in [2.75, 3.05) is 13.6 Å². The van der Waals surface area contributed by atoms with Crippen LogP contribution >= 0.6 is 0 Å². The largest absolute Gasteiger partial charge is 0.326 e. The van der Waals surface area contributed by atoms with Crippen LogP contribution in [0.2, 0.25) is 0 Å². The molecule has 1 aliphatic rings. The number of H-pyrrole nitrogens is 1. The van der Waals surface area contributed by atoms with E-state index in [1.807, 2.05) is 13.1 Å². The van der Waals surface area contributed by atoms with Gasteiger partial charge in [-0.05, 0) is 27.3 Å². The second kappa shape index (κ2) is 3.07. The van der Waals surface area contributed by atoms with Crippen LogP contribution in [0.15, 0.2) is 6.20 Å². The molecule has 1 aromatic rings. The van der Waals surface area contributed by atoms with Crippen LogP contribution in [0.3, 0.4) is 0 Å². The number of hydrogen-bond acceptors (Lipinski definition) is 3. The topological polar surface area (TPSA) is 57.9 Å². The van der Waals surface area contributed by atoms with Gasteiger partial charge >= 0.3 is 0 Å². The summed E-state index contributed by atoms with van der Waals surface area (Å²) in [5.41, 5.74) is 8.47. The average molecular weight is 194 g/mol. The van der Waals surface area contributed by atoms with Crippen LogP contribution in [0, 0.1) is 6.92 Å². The van der Waals surface area contributed by atoms with Crippen LogP contribution in [-0.2, 0) is 5.54 Å². The lowest BCUT2D eigenvalue weighted by atomic mass is 9.86. The first-order valence-corrected chi connectivity index (χ1v) is 5.04. The fraction of sp³-hybridized carbons (Fsp3) is 0.700. The third-order valence-electron chi connectivity index (χ3n) is 3.67. The van der Waals surface area contributed by atoms with Gasteiger partial charge in [0, 0.05) is 23.8 Å². The monoisotopic (exact) mass is 194 g/mol. The summed E-state index contributed by atoms with van der Waals surface area (Å²) in [7, 11) is 2.12. The number of nitrogens with two attached hydrogens (primary N) is 1. The number of nitrogens with one attached hydrogen (secondary N) is 1. The molecule has 1 fully saturated rings. The van der Waals surface area contributed by atoms with Crippen molar-refractivity contribution in [1.29, 1.82) is 0 Å². The Morgan fingerprint density at radius 2 is 2.43 bits per heavy atom. The van der Waals surface area contributed by atoms with Crippen molar-refractivity contribution in [1.82, 2.24) is 15.1 Å². The normalized spacial score (nSPS) is 33.9. The molecule has 78 valence electrons. The van der Waals surface area contributed by atoms with E-state index < -0.39 is 0 Å². The van der Waals surface area contributed by atoms with Crippen molar-refractivity contribution < 1.29 is 0 Å². The second-order valence-electron chi connectivity index (χ2n) is 4.37. The molecule has 2 atom stereocenters. The summed E-state index contributed by atoms with van der Waals surface area (Å²) in [4.78, 5) is 2.32. The molecule has 14 heavy (non-hydrogen) atoms. The minimum atomic E-state index is -0.0584. The van der Waals surface area contributed by atoms with E-state index in [2.05, 4.69) is 29.1 Å². The zero-order valence-electron chi connectivity index (χ0n) is 9.04. The van der Waals surface area contributed by atoms with Gasteiger partial charge in [0.2, 0.25) is 0 Å². The Morgan fingerprint density at radius 1 is 1.71 bits per heavy atom. The summed E-state index contributed by atoms with van der Waals surface area (Å²) in [6, 6.07) is 0.198. The number of nitrogens with zero attached hydrogens (tertiary/aromatic N) is 2. The number of hydrogen-bond donors (Lipinski definition) is 2. The molecule has 4 heteroatoms. The molecule has 0 radical (unpaired) electrons. The Labute approximate surface area is 84.5 Å². The first kappa shape index (κ1) is 9.68. The van der Waals surface area contributed by atoms with Gasteiger partial charge in [-0.2, -0.15) is 5.10 Å². The van der Waals surface area contributed by atoms with Gasteiger partial charge in [0.1, 0.15) is 0 Å². The molecule has 3 N–H and O–H groups in total. The molecule has 0 spiro atoms. The molecule has 2 heterocycles. The van der Waals surface area contributed by atoms with Gasteiger partial charge in [0.15, 0.2) is 0 Å². The molecule has 4 nitrogen and oxygen atoms in total. The lowest BCUT2D eigenvalue weighted by Gasteiger charge is -2.35. The predicted molar refractivity (Wildman–Crippen MR) is 55.9 cm³/mol. The second-order valence-corrected chi connectivity index (χ2v) is 4.37. The maximum Gasteiger partial charge on any atom is 0.0615 e. The fourth-order valence-electron chi connectivity index (χ4n) is 2.40. The summed E-state index contributed by atoms with van der Waals surface area (Å²) in [5, 5.41) is 7.05. The quantitative estimate of drug-likeness (QED) is 0.688. The van der Waals surface area contributed by atoms with Gasteiger partial charge in [0.25, 0.3) is 0 Å². The predicted octanol–water partition coefficient (Wildman–Crippen LogP) is 0.596. The Balaban J connectivity index is 2.45. The number of aromatic amines is 1. The van der Waals surface area contributed by atoms with Gasteiger partial charge in [-0.3, -0.25) is 10.00 Å². The minimum absolute atomic E-state index is 0.0584. The summed E-state index contributed by atoms with van der Waals surface area (Å²) in [5.74, 6) is 0. The van der Waals surface area contributed by atoms with Crippen LogP contribution in [0.1, 0.15) is 24.6 Å². The molecule has 0 aliphatic carbocycles. The van der Waals surface area contributed by atoms with E-state index >= 15 is 0 Å². The van der Waals surface area contributed by atoms with Crippen LogP contribution in [0.25, 0.3) is 0 Å². The smallest absolute Gasteiger partial charge is 0.0615 e. The van der Waals surface area contributed by atoms with Crippen molar-refractivity contribution in [3.05, 3.63) is 17.5 Å². The number of likely N-dealkylation sites (tertiary alicyclic amines) is 1. The SMILES string of the molecule is Cc1[nH]ncc1C1(C)C(N)CCN1C. The summed E-state index contributed by atoms with van der Waals surface area (Å²) in [6.07, 6.45) is 2.95. The number of likely N-dealkylation sites (N-methyl/N-ethyl adjacent to an activating group) is 1. The van der Waals surface area contributed by atoms with Gasteiger partial charge in [-0.1, -0.05) is 0 Å². The number of aromatic nitrogens is 2. The van der Waals surface area contributed by atoms with Gasteiger partial charge in [0.05, 0.1) is 11.7 Å². The summed E-state index contributed by atoms with van der Waals surface area (Å²) in [6.45, 7) is 5.30. The van der Waals surface area contributed by atoms with Crippen molar-refractivity contribution in [3.8, 4) is 0 Å². The fourth-order valence-corrected chi connectivity index (χ4v) is 2.40. The molecule has 1 aliphatic heterocycles. The molecule has 0 bridgehead atoms. The van der Waals surface area contributed by atoms with E-state index in [0.717, 1.165) is 18.7 Å². The van der Waals surface area contributed by atoms with E-state index in [0.29, 0.717) is 0 Å². The standard InChI is InChI=1S/C10H18N4/c1-7-8(6-12-13-7)10(2)9(11)4-5-14(10)3/h6,9H,4-5,11H2,1-3H3,(H,12,13). The van der Waals surface area contributed by atoms with E-state index in [9.17, 15) is 0 Å². The molecule has 0 aromatic carbocycles. The highest BCUT2D eigenvalue weighted by atomic mass is 15.2. The third-order valence-corrected chi connectivity index (χ3v) is 3.67. The Kier molecular flexibility index (Phi) is 2.12. The molecule has 2 rings (SSSR count). The first-order valence-electron chi connectivity index (χ1n) is 5.04. The summed E-state index contributed by atoms with van der Waals surface area (Å²) < 4.78 is 0. The van der Waals surface area contributed by atoms with E-state index in [-0.39, 0.29) is 11.6 Å². The maximum absolute atomic E-state index is 6.18. The highest BCUT2D eigenvalue weighted by Gasteiger charge is 2.43. The summed E-state index contributed by atoms with van der Waals surface area (Å²) >= 11 is 0. The van der Waals surface area contributed by atoms with Crippen molar-refractivity contribution in [2.24, 2.45) is 5.73 Å². The van der Waals surface area contributed by atoms with Crippen molar-refractivity contribution >= 4 is 0 Å². The number of aryl methyl sites for hydroxylation is 1. The minimum Gasteiger partial charge on any atom is -0.326 e. The highest BCUT2D eigenvalue weighted by molar-refractivity contribution is 5.28. The Hall–Kier alpha value is -0.870. The lowest BCUT2D eigenvalue weighted by molar-refractivity contribution is 0.180. The zero-order chi connectivity index (χ0) is 10.3. The van der Waals surface area contributed by atoms with Gasteiger partial charge < -0.3 is 5.73 Å². The van der Waals surface area contributed by atoms with Crippen LogP contribution < -0.4 is 5.73 Å². The molecule has 2 unspecified atom stereocenters. The first-order chi connectivity index (χ1) is 6.56. The molecule has 0 amide bonds. The van der Waals surface area contributed by atoms with E-state index in [1.165, 1.54) is 5.56 Å². The zero-order valence-corrected chi connectivity index (χ0v) is 9.04. The highest BCUT2D eigenvalue weighted by Crippen LogP contribution is 2.37. The van der Waals surface area contributed by atoms with E-state index in [1.54, 1.807) is 0 Å². The molecule has 1 aromatic heterocycles. The lowest BCUT2D eigenvalue weighted by Crippen LogP contribution is -2.47. The van der Waals surface area contributed by atoms with Crippen molar-refractivity contribution in [2.45, 2.75) is 31.8 Å². The molecule has 1 saturated heterocycles. The molecular formula is C10H18N4. The van der Waals surface area contributed by atoms with Crippen LogP contribution in [-0.4, -0.2) is 34.7 Å². The van der Waals surface area contributed by atoms with Crippen LogP contribution in [0.4, 0.5) is 0 Å². The third kappa shape index (κ3) is 1.11. The van der Waals surface area contributed by atoms with Gasteiger partial charge in [-0.25, -0.2) is 0 Å². The number of rotatable bonds is 1. The average Bonchev–Trinajstić information content (AvgIpc) is 2.67. The molecule has 0 saturated carbocycles. The Bertz CT molecular complexity index is 321. The molecular weight excluding hydrogens is 176 g/mol.